The summed E-state index contributed by atoms with van der Waals surface area (Å²) in [6.45, 7) is 3.70. The molecule has 0 saturated heterocycles. The van der Waals surface area contributed by atoms with Crippen molar-refractivity contribution in [2.45, 2.75) is 13.8 Å². The predicted octanol–water partition coefficient (Wildman–Crippen LogP) is 2.48. The Bertz CT molecular complexity index is 764. The lowest BCUT2D eigenvalue weighted by Gasteiger charge is -2.10. The van der Waals surface area contributed by atoms with Gasteiger partial charge in [-0.3, -0.25) is 14.4 Å². The van der Waals surface area contributed by atoms with Gasteiger partial charge in [-0.2, -0.15) is 0 Å². The van der Waals surface area contributed by atoms with E-state index in [0.29, 0.717) is 16.8 Å². The molecule has 0 fully saturated rings. The third-order valence-corrected chi connectivity index (χ3v) is 3.50. The van der Waals surface area contributed by atoms with Crippen LogP contribution in [0.3, 0.4) is 0 Å². The predicted molar refractivity (Wildman–Crippen MR) is 88.7 cm³/mol. The van der Waals surface area contributed by atoms with Crippen molar-refractivity contribution in [2.75, 3.05) is 12.4 Å². The van der Waals surface area contributed by atoms with Crippen LogP contribution in [0.2, 0.25) is 0 Å². The van der Waals surface area contributed by atoms with Crippen LogP contribution >= 0.6 is 0 Å². The zero-order valence-electron chi connectivity index (χ0n) is 13.3. The number of hydrogen-bond donors (Lipinski definition) is 2. The van der Waals surface area contributed by atoms with Gasteiger partial charge in [0.25, 0.3) is 17.6 Å². The minimum absolute atomic E-state index is 0.259. The standard InChI is InChI=1S/C18H18N2O3/c1-11-4-7-13(8-5-11)16(21)18(23)20-15-10-14(17(22)19-3)9-6-12(15)2/h4-10H,1-3H3,(H,19,22)(H,20,23). The van der Waals surface area contributed by atoms with Crippen LogP contribution in [-0.2, 0) is 4.79 Å². The number of aryl methyl sites for hydroxylation is 2. The lowest BCUT2D eigenvalue weighted by molar-refractivity contribution is -0.112. The van der Waals surface area contributed by atoms with E-state index in [-0.39, 0.29) is 5.91 Å². The molecule has 2 amide bonds. The van der Waals surface area contributed by atoms with E-state index in [1.807, 2.05) is 6.92 Å². The van der Waals surface area contributed by atoms with Crippen molar-refractivity contribution < 1.29 is 14.4 Å². The van der Waals surface area contributed by atoms with Crippen LogP contribution < -0.4 is 10.6 Å². The number of hydrogen-bond acceptors (Lipinski definition) is 3. The molecule has 0 atom stereocenters. The van der Waals surface area contributed by atoms with Crippen LogP contribution in [0.25, 0.3) is 0 Å². The van der Waals surface area contributed by atoms with Crippen molar-refractivity contribution in [1.82, 2.24) is 5.32 Å². The van der Waals surface area contributed by atoms with Gasteiger partial charge in [0.15, 0.2) is 0 Å². The minimum atomic E-state index is -0.731. The minimum Gasteiger partial charge on any atom is -0.355 e. The lowest BCUT2D eigenvalue weighted by atomic mass is 10.1. The van der Waals surface area contributed by atoms with Crippen molar-refractivity contribution >= 4 is 23.3 Å². The highest BCUT2D eigenvalue weighted by Crippen LogP contribution is 2.17. The van der Waals surface area contributed by atoms with Crippen molar-refractivity contribution in [3.63, 3.8) is 0 Å². The molecule has 0 radical (unpaired) electrons. The number of benzene rings is 2. The van der Waals surface area contributed by atoms with Crippen LogP contribution in [0.5, 0.6) is 0 Å². The topological polar surface area (TPSA) is 75.3 Å². The normalized spacial score (nSPS) is 10.0. The summed E-state index contributed by atoms with van der Waals surface area (Å²) in [6.07, 6.45) is 0. The molecule has 0 unspecified atom stereocenters. The van der Waals surface area contributed by atoms with Gasteiger partial charge < -0.3 is 10.6 Å². The molecule has 2 aromatic rings. The second-order valence-corrected chi connectivity index (χ2v) is 5.26. The Balaban J connectivity index is 2.21. The zero-order valence-corrected chi connectivity index (χ0v) is 13.3. The monoisotopic (exact) mass is 310 g/mol. The average Bonchev–Trinajstić information content (AvgIpc) is 2.56. The molecule has 2 aromatic carbocycles. The summed E-state index contributed by atoms with van der Waals surface area (Å²) in [7, 11) is 1.53. The molecule has 23 heavy (non-hydrogen) atoms. The lowest BCUT2D eigenvalue weighted by Crippen LogP contribution is -2.24. The van der Waals surface area contributed by atoms with Crippen LogP contribution in [0.4, 0.5) is 5.69 Å². The largest absolute Gasteiger partial charge is 0.355 e. The molecule has 2 N–H and O–H groups in total. The maximum absolute atomic E-state index is 12.2. The number of amides is 2. The highest BCUT2D eigenvalue weighted by molar-refractivity contribution is 6.46. The van der Waals surface area contributed by atoms with E-state index in [1.165, 1.54) is 7.05 Å². The number of ketones is 1. The van der Waals surface area contributed by atoms with Crippen molar-refractivity contribution in [3.05, 3.63) is 64.7 Å². The average molecular weight is 310 g/mol. The summed E-state index contributed by atoms with van der Waals surface area (Å²) < 4.78 is 0. The first-order valence-electron chi connectivity index (χ1n) is 7.17. The van der Waals surface area contributed by atoms with E-state index in [1.54, 1.807) is 49.4 Å². The van der Waals surface area contributed by atoms with E-state index in [2.05, 4.69) is 10.6 Å². The van der Waals surface area contributed by atoms with Gasteiger partial charge in [0, 0.05) is 23.9 Å². The molecule has 0 bridgehead atoms. The number of carbonyl (C=O) groups excluding carboxylic acids is 3. The molecule has 0 saturated carbocycles. The van der Waals surface area contributed by atoms with E-state index < -0.39 is 11.7 Å². The van der Waals surface area contributed by atoms with Crippen LogP contribution in [0.15, 0.2) is 42.5 Å². The number of Topliss-reactive ketones (excluding diaryl/α,β-unsaturated/α-hetero) is 1. The molecule has 118 valence electrons. The molecule has 5 heteroatoms. The number of anilines is 1. The maximum atomic E-state index is 12.2. The first kappa shape index (κ1) is 16.4. The number of nitrogens with one attached hydrogen (secondary N) is 2. The highest BCUT2D eigenvalue weighted by atomic mass is 16.2. The number of carbonyl (C=O) groups is 3. The Morgan fingerprint density at radius 3 is 2.09 bits per heavy atom. The Morgan fingerprint density at radius 2 is 1.48 bits per heavy atom. The molecule has 2 rings (SSSR count). The summed E-state index contributed by atoms with van der Waals surface area (Å²) in [5.41, 5.74) is 2.96. The quantitative estimate of drug-likeness (QED) is 0.673. The fourth-order valence-corrected chi connectivity index (χ4v) is 2.06. The zero-order chi connectivity index (χ0) is 17.0. The van der Waals surface area contributed by atoms with E-state index in [4.69, 9.17) is 0 Å². The molecule has 5 nitrogen and oxygen atoms in total. The third-order valence-electron chi connectivity index (χ3n) is 3.50. The van der Waals surface area contributed by atoms with Crippen molar-refractivity contribution in [1.29, 1.82) is 0 Å². The van der Waals surface area contributed by atoms with Gasteiger partial charge in [0.05, 0.1) is 0 Å². The van der Waals surface area contributed by atoms with Gasteiger partial charge >= 0.3 is 0 Å². The van der Waals surface area contributed by atoms with Gasteiger partial charge in [-0.25, -0.2) is 0 Å². The van der Waals surface area contributed by atoms with Gasteiger partial charge in [0.1, 0.15) is 0 Å². The smallest absolute Gasteiger partial charge is 0.296 e. The molecule has 0 aliphatic carbocycles. The molecule has 0 heterocycles. The van der Waals surface area contributed by atoms with Crippen LogP contribution in [-0.4, -0.2) is 24.6 Å². The summed E-state index contributed by atoms with van der Waals surface area (Å²) >= 11 is 0. The summed E-state index contributed by atoms with van der Waals surface area (Å²) in [5.74, 6) is -1.61. The van der Waals surface area contributed by atoms with Crippen LogP contribution in [0, 0.1) is 13.8 Å². The maximum Gasteiger partial charge on any atom is 0.296 e. The fourth-order valence-electron chi connectivity index (χ4n) is 2.06. The second kappa shape index (κ2) is 6.87. The SMILES string of the molecule is CNC(=O)c1ccc(C)c(NC(=O)C(=O)c2ccc(C)cc2)c1. The van der Waals surface area contributed by atoms with Gasteiger partial charge in [-0.05, 0) is 31.5 Å². The number of rotatable bonds is 4. The van der Waals surface area contributed by atoms with E-state index in [0.717, 1.165) is 11.1 Å². The molecular formula is C18H18N2O3. The molecule has 0 aliphatic rings. The van der Waals surface area contributed by atoms with Gasteiger partial charge in [-0.1, -0.05) is 35.9 Å². The molecule has 0 spiro atoms. The Labute approximate surface area is 134 Å². The molecule has 0 aromatic heterocycles. The molecular weight excluding hydrogens is 292 g/mol. The fraction of sp³-hybridized carbons (Fsp3) is 0.167. The van der Waals surface area contributed by atoms with Crippen molar-refractivity contribution in [2.24, 2.45) is 0 Å². The van der Waals surface area contributed by atoms with Gasteiger partial charge in [0.2, 0.25) is 0 Å². The van der Waals surface area contributed by atoms with Crippen LogP contribution in [0.1, 0.15) is 31.8 Å². The third kappa shape index (κ3) is 3.83. The van der Waals surface area contributed by atoms with Gasteiger partial charge in [-0.15, -0.1) is 0 Å². The van der Waals surface area contributed by atoms with E-state index in [9.17, 15) is 14.4 Å². The Morgan fingerprint density at radius 1 is 0.870 bits per heavy atom. The first-order chi connectivity index (χ1) is 10.9. The summed E-state index contributed by atoms with van der Waals surface area (Å²) in [4.78, 5) is 36.0. The summed E-state index contributed by atoms with van der Waals surface area (Å²) in [5, 5.41) is 5.09. The second-order valence-electron chi connectivity index (χ2n) is 5.26. The Hall–Kier alpha value is -2.95. The first-order valence-corrected chi connectivity index (χ1v) is 7.17. The van der Waals surface area contributed by atoms with Crippen molar-refractivity contribution in [3.8, 4) is 0 Å². The van der Waals surface area contributed by atoms with E-state index >= 15 is 0 Å². The molecule has 0 aliphatic heterocycles. The highest BCUT2D eigenvalue weighted by Gasteiger charge is 2.17. The Kier molecular flexibility index (Phi) is 4.91. The summed E-state index contributed by atoms with van der Waals surface area (Å²) in [6, 6.07) is 11.7.